The topological polar surface area (TPSA) is 28.3 Å². The molecule has 0 bridgehead atoms. The summed E-state index contributed by atoms with van der Waals surface area (Å²) in [4.78, 5) is 5.93. The number of ether oxygens (including phenoxy) is 1. The molecule has 0 unspecified atom stereocenters. The number of aromatic nitrogens is 1. The lowest BCUT2D eigenvalue weighted by atomic mass is 10.1. The number of fused-ring (bicyclic) bond motifs is 1. The number of nitrogens with zero attached hydrogens (tertiary/aromatic N) is 1. The fraction of sp³-hybridized carbons (Fsp3) is 0.529. The summed E-state index contributed by atoms with van der Waals surface area (Å²) in [5.74, 6) is 0. The number of hydrogen-bond donors (Lipinski definition) is 1. The van der Waals surface area contributed by atoms with Gasteiger partial charge in [0, 0.05) is 43.3 Å². The predicted molar refractivity (Wildman–Crippen MR) is 83.1 cm³/mol. The van der Waals surface area contributed by atoms with E-state index in [2.05, 4.69) is 47.3 Å². The number of benzene rings is 1. The van der Waals surface area contributed by atoms with Crippen LogP contribution in [0.1, 0.15) is 25.3 Å². The first-order chi connectivity index (χ1) is 9.86. The van der Waals surface area contributed by atoms with Crippen molar-refractivity contribution in [3.8, 4) is 0 Å². The van der Waals surface area contributed by atoms with E-state index in [1.165, 1.54) is 42.4 Å². The lowest BCUT2D eigenvalue weighted by molar-refractivity contribution is 0.0146. The first-order valence-corrected chi connectivity index (χ1v) is 7.75. The van der Waals surface area contributed by atoms with Crippen LogP contribution in [0.3, 0.4) is 0 Å². The molecule has 20 heavy (non-hydrogen) atoms. The number of H-pyrrole nitrogens is 1. The highest BCUT2D eigenvalue weighted by atomic mass is 16.5. The molecule has 1 aromatic carbocycles. The van der Waals surface area contributed by atoms with Gasteiger partial charge in [-0.15, -0.1) is 0 Å². The first-order valence-electron chi connectivity index (χ1n) is 7.75. The maximum atomic E-state index is 5.71. The van der Waals surface area contributed by atoms with E-state index >= 15 is 0 Å². The molecule has 108 valence electrons. The summed E-state index contributed by atoms with van der Waals surface area (Å²) in [6.45, 7) is 6.43. The van der Waals surface area contributed by atoms with Gasteiger partial charge in [-0.3, -0.25) is 0 Å². The van der Waals surface area contributed by atoms with Gasteiger partial charge in [0.2, 0.25) is 0 Å². The summed E-state index contributed by atoms with van der Waals surface area (Å²) in [5.41, 5.74) is 2.69. The molecule has 0 atom stereocenters. The lowest BCUT2D eigenvalue weighted by Gasteiger charge is -2.31. The fourth-order valence-electron chi connectivity index (χ4n) is 3.15. The molecule has 1 saturated heterocycles. The second-order valence-electron chi connectivity index (χ2n) is 5.61. The van der Waals surface area contributed by atoms with Gasteiger partial charge in [0.05, 0.1) is 6.10 Å². The van der Waals surface area contributed by atoms with Crippen LogP contribution >= 0.6 is 0 Å². The van der Waals surface area contributed by atoms with Crippen molar-refractivity contribution in [2.45, 2.75) is 32.3 Å². The van der Waals surface area contributed by atoms with Crippen LogP contribution < -0.4 is 0 Å². The molecular weight excluding hydrogens is 248 g/mol. The van der Waals surface area contributed by atoms with Crippen molar-refractivity contribution < 1.29 is 4.74 Å². The average molecular weight is 272 g/mol. The van der Waals surface area contributed by atoms with E-state index in [9.17, 15) is 0 Å². The Labute approximate surface area is 120 Å². The first kappa shape index (κ1) is 13.7. The smallest absolute Gasteiger partial charge is 0.0599 e. The van der Waals surface area contributed by atoms with E-state index in [0.29, 0.717) is 6.10 Å². The number of aromatic amines is 1. The monoisotopic (exact) mass is 272 g/mol. The van der Waals surface area contributed by atoms with Gasteiger partial charge < -0.3 is 14.6 Å². The molecule has 0 radical (unpaired) electrons. The highest BCUT2D eigenvalue weighted by Gasteiger charge is 2.19. The van der Waals surface area contributed by atoms with Gasteiger partial charge in [0.1, 0.15) is 0 Å². The zero-order chi connectivity index (χ0) is 13.8. The average Bonchev–Trinajstić information content (AvgIpc) is 2.90. The Morgan fingerprint density at radius 3 is 2.85 bits per heavy atom. The minimum Gasteiger partial charge on any atom is -0.378 e. The Morgan fingerprint density at radius 2 is 2.05 bits per heavy atom. The van der Waals surface area contributed by atoms with E-state index in [1.807, 2.05) is 0 Å². The van der Waals surface area contributed by atoms with Gasteiger partial charge in [-0.1, -0.05) is 18.2 Å². The number of para-hydroxylation sites is 1. The molecule has 2 heterocycles. The van der Waals surface area contributed by atoms with Crippen LogP contribution in [-0.4, -0.2) is 42.2 Å². The number of hydrogen-bond acceptors (Lipinski definition) is 2. The van der Waals surface area contributed by atoms with Crippen LogP contribution in [-0.2, 0) is 11.2 Å². The number of nitrogens with one attached hydrogen (secondary N) is 1. The summed E-state index contributed by atoms with van der Waals surface area (Å²) < 4.78 is 5.71. The van der Waals surface area contributed by atoms with Crippen molar-refractivity contribution in [1.29, 1.82) is 0 Å². The van der Waals surface area contributed by atoms with Crippen molar-refractivity contribution in [2.24, 2.45) is 0 Å². The highest BCUT2D eigenvalue weighted by molar-refractivity contribution is 5.83. The minimum atomic E-state index is 0.490. The largest absolute Gasteiger partial charge is 0.378 e. The maximum absolute atomic E-state index is 5.71. The molecule has 3 heteroatoms. The third kappa shape index (κ3) is 3.05. The normalized spacial score (nSPS) is 17.9. The van der Waals surface area contributed by atoms with Gasteiger partial charge in [-0.2, -0.15) is 0 Å². The molecule has 1 aromatic heterocycles. The van der Waals surface area contributed by atoms with Crippen LogP contribution in [0.15, 0.2) is 30.5 Å². The van der Waals surface area contributed by atoms with E-state index in [1.54, 1.807) is 0 Å². The van der Waals surface area contributed by atoms with Crippen molar-refractivity contribution in [3.63, 3.8) is 0 Å². The van der Waals surface area contributed by atoms with Gasteiger partial charge in [-0.05, 0) is 37.8 Å². The van der Waals surface area contributed by atoms with Crippen molar-refractivity contribution in [1.82, 2.24) is 9.88 Å². The molecule has 1 aliphatic heterocycles. The zero-order valence-electron chi connectivity index (χ0n) is 12.3. The van der Waals surface area contributed by atoms with Crippen LogP contribution in [0.2, 0.25) is 0 Å². The Morgan fingerprint density at radius 1 is 1.25 bits per heavy atom. The second kappa shape index (κ2) is 6.42. The van der Waals surface area contributed by atoms with E-state index in [4.69, 9.17) is 4.74 Å². The summed E-state index contributed by atoms with van der Waals surface area (Å²) in [7, 11) is 0. The second-order valence-corrected chi connectivity index (χ2v) is 5.61. The summed E-state index contributed by atoms with van der Waals surface area (Å²) in [5, 5.41) is 1.37. The van der Waals surface area contributed by atoms with Gasteiger partial charge in [-0.25, -0.2) is 0 Å². The minimum absolute atomic E-state index is 0.490. The summed E-state index contributed by atoms with van der Waals surface area (Å²) >= 11 is 0. The van der Waals surface area contributed by atoms with Crippen LogP contribution in [0, 0.1) is 0 Å². The van der Waals surface area contributed by atoms with Gasteiger partial charge in [0.25, 0.3) is 0 Å². The number of piperidine rings is 1. The van der Waals surface area contributed by atoms with E-state index in [-0.39, 0.29) is 0 Å². The number of likely N-dealkylation sites (tertiary alicyclic amines) is 1. The molecule has 1 fully saturated rings. The molecular formula is C17H24N2O. The van der Waals surface area contributed by atoms with Crippen LogP contribution in [0.25, 0.3) is 10.9 Å². The van der Waals surface area contributed by atoms with Crippen LogP contribution in [0.5, 0.6) is 0 Å². The molecule has 0 spiro atoms. The fourth-order valence-corrected chi connectivity index (χ4v) is 3.15. The standard InChI is InChI=1S/C17H24N2O/c1-2-20-15-8-11-19(12-9-15)10-7-14-13-18-17-6-4-3-5-16(14)17/h3-6,13,15,18H,2,7-12H2,1H3. The van der Waals surface area contributed by atoms with E-state index < -0.39 is 0 Å². The highest BCUT2D eigenvalue weighted by Crippen LogP contribution is 2.19. The molecule has 3 rings (SSSR count). The van der Waals surface area contributed by atoms with Crippen molar-refractivity contribution >= 4 is 10.9 Å². The Bertz CT molecular complexity index is 541. The molecule has 0 saturated carbocycles. The number of rotatable bonds is 5. The quantitative estimate of drug-likeness (QED) is 0.905. The molecule has 3 nitrogen and oxygen atoms in total. The van der Waals surface area contributed by atoms with Crippen molar-refractivity contribution in [3.05, 3.63) is 36.0 Å². The van der Waals surface area contributed by atoms with Crippen molar-refractivity contribution in [2.75, 3.05) is 26.2 Å². The molecule has 0 aliphatic carbocycles. The lowest BCUT2D eigenvalue weighted by Crippen LogP contribution is -2.38. The summed E-state index contributed by atoms with van der Waals surface area (Å²) in [6, 6.07) is 8.56. The van der Waals surface area contributed by atoms with Gasteiger partial charge in [0.15, 0.2) is 0 Å². The van der Waals surface area contributed by atoms with E-state index in [0.717, 1.165) is 19.6 Å². The Kier molecular flexibility index (Phi) is 4.38. The predicted octanol–water partition coefficient (Wildman–Crippen LogP) is 3.21. The zero-order valence-corrected chi connectivity index (χ0v) is 12.3. The SMILES string of the molecule is CCOC1CCN(CCc2c[nH]c3ccccc23)CC1. The molecule has 0 amide bonds. The molecule has 1 aliphatic rings. The Balaban J connectivity index is 1.53. The Hall–Kier alpha value is -1.32. The van der Waals surface area contributed by atoms with Crippen LogP contribution in [0.4, 0.5) is 0 Å². The maximum Gasteiger partial charge on any atom is 0.0599 e. The third-order valence-corrected chi connectivity index (χ3v) is 4.31. The third-order valence-electron chi connectivity index (χ3n) is 4.31. The summed E-state index contributed by atoms with van der Waals surface area (Å²) in [6.07, 6.45) is 6.15. The van der Waals surface area contributed by atoms with Gasteiger partial charge >= 0.3 is 0 Å². The molecule has 1 N–H and O–H groups in total. The molecule has 2 aromatic rings.